The molecule has 0 radical (unpaired) electrons. The van der Waals surface area contributed by atoms with Crippen LogP contribution in [0, 0.1) is 0 Å². The zero-order valence-electron chi connectivity index (χ0n) is 7.54. The third kappa shape index (κ3) is 2.54. The van der Waals surface area contributed by atoms with Crippen molar-refractivity contribution in [2.45, 2.75) is 0 Å². The highest BCUT2D eigenvalue weighted by Gasteiger charge is 2.08. The molecule has 0 saturated carbocycles. The Labute approximate surface area is 85.8 Å². The summed E-state index contributed by atoms with van der Waals surface area (Å²) in [5, 5.41) is 1.43. The first-order valence-electron chi connectivity index (χ1n) is 3.86. The van der Waals surface area contributed by atoms with Gasteiger partial charge in [-0.2, -0.15) is 0 Å². The van der Waals surface area contributed by atoms with E-state index in [0.717, 1.165) is 4.47 Å². The van der Waals surface area contributed by atoms with Gasteiger partial charge in [0, 0.05) is 24.1 Å². The molecule has 0 heterocycles. The van der Waals surface area contributed by atoms with Gasteiger partial charge >= 0.3 is 0 Å². The quantitative estimate of drug-likeness (QED) is 0.801. The Bertz CT molecular complexity index is 297. The van der Waals surface area contributed by atoms with Crippen LogP contribution in [0.3, 0.4) is 0 Å². The van der Waals surface area contributed by atoms with Gasteiger partial charge in [-0.15, -0.1) is 0 Å². The minimum Gasteiger partial charge on any atom is -0.277 e. The van der Waals surface area contributed by atoms with E-state index in [4.69, 9.17) is 0 Å². The maximum Gasteiger partial charge on any atom is 0.267 e. The molecule has 1 amide bonds. The fraction of sp³-hybridized carbons (Fsp3) is 0.222. The van der Waals surface area contributed by atoms with Crippen LogP contribution in [0.1, 0.15) is 10.4 Å². The summed E-state index contributed by atoms with van der Waals surface area (Å²) in [6.45, 7) is 0. The summed E-state index contributed by atoms with van der Waals surface area (Å²) in [4.78, 5) is 11.5. The fourth-order valence-corrected chi connectivity index (χ4v) is 1.15. The number of carbonyl (C=O) groups excluding carboxylic acids is 1. The van der Waals surface area contributed by atoms with E-state index < -0.39 is 0 Å². The van der Waals surface area contributed by atoms with E-state index in [1.807, 2.05) is 12.1 Å². The Morgan fingerprint density at radius 2 is 1.92 bits per heavy atom. The fourth-order valence-electron chi connectivity index (χ4n) is 0.888. The standard InChI is InChI=1S/C9H11BrN2O/c1-11-12(2)9(13)7-3-5-8(10)6-4-7/h3-6,11H,1-2H3. The van der Waals surface area contributed by atoms with Crippen LogP contribution < -0.4 is 5.43 Å². The average Bonchev–Trinajstić information content (AvgIpc) is 2.17. The van der Waals surface area contributed by atoms with Crippen molar-refractivity contribution in [3.05, 3.63) is 34.3 Å². The summed E-state index contributed by atoms with van der Waals surface area (Å²) in [5.41, 5.74) is 3.42. The van der Waals surface area contributed by atoms with E-state index in [-0.39, 0.29) is 5.91 Å². The minimum atomic E-state index is -0.0463. The lowest BCUT2D eigenvalue weighted by atomic mass is 10.2. The molecular formula is C9H11BrN2O. The molecule has 1 aromatic carbocycles. The summed E-state index contributed by atoms with van der Waals surface area (Å²) >= 11 is 3.31. The van der Waals surface area contributed by atoms with Crippen LogP contribution in [-0.4, -0.2) is 25.0 Å². The summed E-state index contributed by atoms with van der Waals surface area (Å²) in [7, 11) is 3.39. The molecule has 3 nitrogen and oxygen atoms in total. The van der Waals surface area contributed by atoms with E-state index >= 15 is 0 Å². The number of hydrogen-bond donors (Lipinski definition) is 1. The van der Waals surface area contributed by atoms with Crippen LogP contribution in [0.2, 0.25) is 0 Å². The molecule has 0 aromatic heterocycles. The molecule has 0 saturated heterocycles. The zero-order chi connectivity index (χ0) is 9.84. The number of hydrazine groups is 1. The predicted molar refractivity (Wildman–Crippen MR) is 55.3 cm³/mol. The highest BCUT2D eigenvalue weighted by molar-refractivity contribution is 9.10. The van der Waals surface area contributed by atoms with Gasteiger partial charge in [0.2, 0.25) is 0 Å². The van der Waals surface area contributed by atoms with Crippen LogP contribution in [0.15, 0.2) is 28.7 Å². The predicted octanol–water partition coefficient (Wildman–Crippen LogP) is 1.66. The van der Waals surface area contributed by atoms with Gasteiger partial charge in [-0.25, -0.2) is 5.43 Å². The topological polar surface area (TPSA) is 32.3 Å². The number of amides is 1. The van der Waals surface area contributed by atoms with Crippen LogP contribution in [0.25, 0.3) is 0 Å². The van der Waals surface area contributed by atoms with Gasteiger partial charge in [0.25, 0.3) is 5.91 Å². The minimum absolute atomic E-state index is 0.0463. The lowest BCUT2D eigenvalue weighted by molar-refractivity contribution is 0.0735. The Morgan fingerprint density at radius 3 is 2.38 bits per heavy atom. The maximum atomic E-state index is 11.5. The highest BCUT2D eigenvalue weighted by Crippen LogP contribution is 2.11. The Hall–Kier alpha value is -0.870. The van der Waals surface area contributed by atoms with E-state index in [1.165, 1.54) is 5.01 Å². The summed E-state index contributed by atoms with van der Waals surface area (Å²) in [6.07, 6.45) is 0. The Kier molecular flexibility index (Phi) is 3.45. The zero-order valence-corrected chi connectivity index (χ0v) is 9.13. The van der Waals surface area contributed by atoms with Crippen molar-refractivity contribution < 1.29 is 4.79 Å². The average molecular weight is 243 g/mol. The number of nitrogens with zero attached hydrogens (tertiary/aromatic N) is 1. The molecule has 0 aliphatic carbocycles. The van der Waals surface area contributed by atoms with Crippen LogP contribution in [0.4, 0.5) is 0 Å². The van der Waals surface area contributed by atoms with Gasteiger partial charge in [-0.1, -0.05) is 15.9 Å². The Balaban J connectivity index is 2.83. The van der Waals surface area contributed by atoms with Gasteiger partial charge in [0.15, 0.2) is 0 Å². The molecule has 0 fully saturated rings. The third-order valence-electron chi connectivity index (χ3n) is 1.73. The van der Waals surface area contributed by atoms with Crippen LogP contribution in [-0.2, 0) is 0 Å². The van der Waals surface area contributed by atoms with E-state index in [9.17, 15) is 4.79 Å². The molecule has 13 heavy (non-hydrogen) atoms. The van der Waals surface area contributed by atoms with Crippen molar-refractivity contribution in [1.82, 2.24) is 10.4 Å². The molecule has 0 bridgehead atoms. The summed E-state index contributed by atoms with van der Waals surface area (Å²) in [5.74, 6) is -0.0463. The second-order valence-corrected chi connectivity index (χ2v) is 3.51. The molecule has 0 aliphatic rings. The first kappa shape index (κ1) is 10.2. The van der Waals surface area contributed by atoms with Crippen molar-refractivity contribution >= 4 is 21.8 Å². The largest absolute Gasteiger partial charge is 0.277 e. The van der Waals surface area contributed by atoms with E-state index in [2.05, 4.69) is 21.4 Å². The van der Waals surface area contributed by atoms with Crippen molar-refractivity contribution in [3.63, 3.8) is 0 Å². The monoisotopic (exact) mass is 242 g/mol. The molecule has 0 spiro atoms. The molecule has 1 aromatic rings. The molecular weight excluding hydrogens is 232 g/mol. The van der Waals surface area contributed by atoms with Crippen molar-refractivity contribution in [2.75, 3.05) is 14.1 Å². The molecule has 0 atom stereocenters. The summed E-state index contributed by atoms with van der Waals surface area (Å²) < 4.78 is 0.969. The molecule has 4 heteroatoms. The van der Waals surface area contributed by atoms with Crippen molar-refractivity contribution in [2.24, 2.45) is 0 Å². The lowest BCUT2D eigenvalue weighted by Crippen LogP contribution is -2.36. The van der Waals surface area contributed by atoms with Crippen molar-refractivity contribution in [1.29, 1.82) is 0 Å². The third-order valence-corrected chi connectivity index (χ3v) is 2.26. The Morgan fingerprint density at radius 1 is 1.38 bits per heavy atom. The highest BCUT2D eigenvalue weighted by atomic mass is 79.9. The second kappa shape index (κ2) is 4.39. The maximum absolute atomic E-state index is 11.5. The number of rotatable bonds is 2. The van der Waals surface area contributed by atoms with Gasteiger partial charge < -0.3 is 0 Å². The van der Waals surface area contributed by atoms with Crippen LogP contribution >= 0.6 is 15.9 Å². The summed E-state index contributed by atoms with van der Waals surface area (Å²) in [6, 6.07) is 7.24. The van der Waals surface area contributed by atoms with Crippen LogP contribution in [0.5, 0.6) is 0 Å². The number of benzene rings is 1. The SMILES string of the molecule is CNN(C)C(=O)c1ccc(Br)cc1. The first-order valence-corrected chi connectivity index (χ1v) is 4.65. The molecule has 0 unspecified atom stereocenters. The van der Waals surface area contributed by atoms with Gasteiger partial charge in [0.1, 0.15) is 0 Å². The number of hydrogen-bond acceptors (Lipinski definition) is 2. The molecule has 1 N–H and O–H groups in total. The number of nitrogens with one attached hydrogen (secondary N) is 1. The molecule has 1 rings (SSSR count). The van der Waals surface area contributed by atoms with E-state index in [0.29, 0.717) is 5.56 Å². The number of halogens is 1. The molecule has 0 aliphatic heterocycles. The number of carbonyl (C=O) groups is 1. The van der Waals surface area contributed by atoms with E-state index in [1.54, 1.807) is 26.2 Å². The van der Waals surface area contributed by atoms with Gasteiger partial charge in [0.05, 0.1) is 0 Å². The first-order chi connectivity index (χ1) is 6.15. The van der Waals surface area contributed by atoms with Crippen molar-refractivity contribution in [3.8, 4) is 0 Å². The van der Waals surface area contributed by atoms with Gasteiger partial charge in [-0.3, -0.25) is 9.80 Å². The molecule has 70 valence electrons. The van der Waals surface area contributed by atoms with Gasteiger partial charge in [-0.05, 0) is 24.3 Å². The smallest absolute Gasteiger partial charge is 0.267 e. The normalized spacial score (nSPS) is 9.77. The second-order valence-electron chi connectivity index (χ2n) is 2.59. The lowest BCUT2D eigenvalue weighted by Gasteiger charge is -2.14.